The van der Waals surface area contributed by atoms with Crippen LogP contribution in [-0.2, 0) is 0 Å². The number of fused-ring (bicyclic) bond motifs is 1. The lowest BCUT2D eigenvalue weighted by Crippen LogP contribution is -1.99. The van der Waals surface area contributed by atoms with Crippen LogP contribution >= 0.6 is 11.6 Å². The molecule has 0 amide bonds. The van der Waals surface area contributed by atoms with E-state index in [1.54, 1.807) is 22.9 Å². The molecule has 108 valence electrons. The van der Waals surface area contributed by atoms with Crippen LogP contribution in [0, 0.1) is 0 Å². The van der Waals surface area contributed by atoms with Crippen LogP contribution in [0.15, 0.2) is 59.2 Å². The summed E-state index contributed by atoms with van der Waals surface area (Å²) < 4.78 is 6.90. The maximum absolute atomic E-state index is 6.25. The molecule has 0 fully saturated rings. The molecule has 0 aliphatic rings. The van der Waals surface area contributed by atoms with Gasteiger partial charge in [-0.2, -0.15) is 4.52 Å². The van der Waals surface area contributed by atoms with Crippen molar-refractivity contribution in [2.75, 3.05) is 5.73 Å². The van der Waals surface area contributed by atoms with Crippen LogP contribution in [0.25, 0.3) is 28.4 Å². The minimum absolute atomic E-state index is 0.484. The Morgan fingerprint density at radius 1 is 1.09 bits per heavy atom. The first-order valence-electron chi connectivity index (χ1n) is 6.67. The van der Waals surface area contributed by atoms with Crippen molar-refractivity contribution in [3.63, 3.8) is 0 Å². The number of rotatable bonds is 2. The first-order valence-corrected chi connectivity index (χ1v) is 7.05. The molecule has 4 aromatic rings. The Balaban J connectivity index is 1.91. The molecule has 0 bridgehead atoms. The smallest absolute Gasteiger partial charge is 0.217 e. The van der Waals surface area contributed by atoms with Gasteiger partial charge in [0.2, 0.25) is 5.82 Å². The Hall–Kier alpha value is -2.79. The van der Waals surface area contributed by atoms with Gasteiger partial charge in [-0.05, 0) is 35.9 Å². The molecular formula is C16H11ClN4O. The highest BCUT2D eigenvalue weighted by Crippen LogP contribution is 2.30. The van der Waals surface area contributed by atoms with Crippen molar-refractivity contribution in [2.24, 2.45) is 0 Å². The van der Waals surface area contributed by atoms with Gasteiger partial charge in [-0.3, -0.25) is 0 Å². The summed E-state index contributed by atoms with van der Waals surface area (Å²) in [6.45, 7) is 0. The number of nitrogens with two attached hydrogens (primary N) is 1. The molecule has 6 heteroatoms. The molecule has 5 nitrogen and oxygen atoms in total. The van der Waals surface area contributed by atoms with E-state index in [1.165, 1.54) is 0 Å². The van der Waals surface area contributed by atoms with Gasteiger partial charge in [0.1, 0.15) is 5.82 Å². The van der Waals surface area contributed by atoms with E-state index >= 15 is 0 Å². The second-order valence-corrected chi connectivity index (χ2v) is 5.24. The van der Waals surface area contributed by atoms with Gasteiger partial charge in [-0.15, -0.1) is 5.10 Å². The van der Waals surface area contributed by atoms with Crippen LogP contribution in [0.5, 0.6) is 0 Å². The second-order valence-electron chi connectivity index (χ2n) is 4.83. The highest BCUT2D eigenvalue weighted by Gasteiger charge is 2.13. The van der Waals surface area contributed by atoms with E-state index in [2.05, 4.69) is 10.1 Å². The van der Waals surface area contributed by atoms with Crippen LogP contribution in [0.2, 0.25) is 5.02 Å². The lowest BCUT2D eigenvalue weighted by Gasteiger charge is -2.06. The summed E-state index contributed by atoms with van der Waals surface area (Å²) >= 11 is 6.25. The number of nitrogen functional groups attached to an aromatic ring is 1. The number of halogens is 1. The molecule has 2 N–H and O–H groups in total. The van der Waals surface area contributed by atoms with E-state index in [-0.39, 0.29) is 0 Å². The first kappa shape index (κ1) is 12.9. The van der Waals surface area contributed by atoms with Crippen LogP contribution in [0.3, 0.4) is 0 Å². The van der Waals surface area contributed by atoms with Crippen LogP contribution < -0.4 is 5.73 Å². The van der Waals surface area contributed by atoms with Crippen molar-refractivity contribution in [3.8, 4) is 22.7 Å². The fourth-order valence-corrected chi connectivity index (χ4v) is 2.61. The summed E-state index contributed by atoms with van der Waals surface area (Å²) in [6.07, 6.45) is 1.58. The molecule has 0 aliphatic heterocycles. The Labute approximate surface area is 131 Å². The highest BCUT2D eigenvalue weighted by molar-refractivity contribution is 6.33. The number of anilines is 1. The minimum atomic E-state index is 0.484. The summed E-state index contributed by atoms with van der Waals surface area (Å²) in [7, 11) is 0. The molecule has 0 saturated carbocycles. The second kappa shape index (κ2) is 4.89. The predicted octanol–water partition coefficient (Wildman–Crippen LogP) is 3.89. The minimum Gasteiger partial charge on any atom is -0.461 e. The van der Waals surface area contributed by atoms with Crippen molar-refractivity contribution in [1.29, 1.82) is 0 Å². The molecular weight excluding hydrogens is 300 g/mol. The molecule has 0 radical (unpaired) electrons. The average Bonchev–Trinajstić information content (AvgIpc) is 3.16. The van der Waals surface area contributed by atoms with Crippen molar-refractivity contribution in [2.45, 2.75) is 0 Å². The lowest BCUT2D eigenvalue weighted by molar-refractivity contribution is 0.577. The normalized spacial score (nSPS) is 11.1. The van der Waals surface area contributed by atoms with Gasteiger partial charge in [0.15, 0.2) is 11.4 Å². The van der Waals surface area contributed by atoms with E-state index in [1.807, 2.05) is 36.4 Å². The van der Waals surface area contributed by atoms with Crippen molar-refractivity contribution >= 4 is 23.1 Å². The molecule has 0 aliphatic carbocycles. The first-order chi connectivity index (χ1) is 10.7. The third-order valence-corrected chi connectivity index (χ3v) is 3.72. The van der Waals surface area contributed by atoms with Crippen molar-refractivity contribution in [3.05, 3.63) is 59.8 Å². The Morgan fingerprint density at radius 3 is 2.73 bits per heavy atom. The van der Waals surface area contributed by atoms with Crippen molar-refractivity contribution in [1.82, 2.24) is 14.6 Å². The molecule has 3 aromatic heterocycles. The van der Waals surface area contributed by atoms with Crippen LogP contribution in [0.1, 0.15) is 0 Å². The summed E-state index contributed by atoms with van der Waals surface area (Å²) in [5.41, 5.74) is 8.54. The fraction of sp³-hybridized carbons (Fsp3) is 0. The lowest BCUT2D eigenvalue weighted by atomic mass is 10.1. The summed E-state index contributed by atoms with van der Waals surface area (Å²) in [6, 6.07) is 14.9. The third kappa shape index (κ3) is 2.03. The molecule has 4 rings (SSSR count). The zero-order valence-corrected chi connectivity index (χ0v) is 12.2. The number of nitrogens with zero attached hydrogens (tertiary/aromatic N) is 3. The zero-order chi connectivity index (χ0) is 15.1. The average molecular weight is 311 g/mol. The maximum atomic E-state index is 6.25. The summed E-state index contributed by atoms with van der Waals surface area (Å²) in [5.74, 6) is 1.58. The van der Waals surface area contributed by atoms with Crippen LogP contribution in [0.4, 0.5) is 5.82 Å². The number of aromatic nitrogens is 3. The molecule has 1 aromatic carbocycles. The SMILES string of the molecule is Nc1cc(-c2ccccc2Cl)cc2nc(-c3ccco3)nn12. The largest absolute Gasteiger partial charge is 0.461 e. The Kier molecular flexibility index (Phi) is 2.87. The number of benzene rings is 1. The zero-order valence-electron chi connectivity index (χ0n) is 11.4. The van der Waals surface area contributed by atoms with Gasteiger partial charge in [-0.25, -0.2) is 4.98 Å². The summed E-state index contributed by atoms with van der Waals surface area (Å²) in [4.78, 5) is 4.47. The Bertz CT molecular complexity index is 960. The van der Waals surface area contributed by atoms with Gasteiger partial charge in [-0.1, -0.05) is 29.8 Å². The monoisotopic (exact) mass is 310 g/mol. The van der Waals surface area contributed by atoms with E-state index in [0.717, 1.165) is 11.1 Å². The topological polar surface area (TPSA) is 69.3 Å². The number of pyridine rings is 1. The molecule has 0 unspecified atom stereocenters. The quantitative estimate of drug-likeness (QED) is 0.610. The van der Waals surface area contributed by atoms with E-state index in [0.29, 0.717) is 28.1 Å². The molecule has 22 heavy (non-hydrogen) atoms. The van der Waals surface area contributed by atoms with E-state index < -0.39 is 0 Å². The van der Waals surface area contributed by atoms with Crippen LogP contribution in [-0.4, -0.2) is 14.6 Å². The van der Waals surface area contributed by atoms with Gasteiger partial charge in [0.05, 0.1) is 6.26 Å². The third-order valence-electron chi connectivity index (χ3n) is 3.39. The van der Waals surface area contributed by atoms with Gasteiger partial charge in [0, 0.05) is 10.6 Å². The standard InChI is InChI=1S/C16H11ClN4O/c17-12-5-2-1-4-11(12)10-8-14(18)21-15(9-10)19-16(20-21)13-6-3-7-22-13/h1-9H,18H2. The number of hydrogen-bond acceptors (Lipinski definition) is 4. The molecule has 0 atom stereocenters. The predicted molar refractivity (Wildman–Crippen MR) is 85.5 cm³/mol. The van der Waals surface area contributed by atoms with Gasteiger partial charge >= 0.3 is 0 Å². The number of furan rings is 1. The molecule has 3 heterocycles. The molecule has 0 saturated heterocycles. The molecule has 0 spiro atoms. The highest BCUT2D eigenvalue weighted by atomic mass is 35.5. The van der Waals surface area contributed by atoms with E-state index in [4.69, 9.17) is 21.8 Å². The van der Waals surface area contributed by atoms with Crippen molar-refractivity contribution < 1.29 is 4.42 Å². The van der Waals surface area contributed by atoms with Gasteiger partial charge in [0.25, 0.3) is 0 Å². The number of hydrogen-bond donors (Lipinski definition) is 1. The Morgan fingerprint density at radius 2 is 1.95 bits per heavy atom. The van der Waals surface area contributed by atoms with E-state index in [9.17, 15) is 0 Å². The summed E-state index contributed by atoms with van der Waals surface area (Å²) in [5, 5.41) is 5.03. The maximum Gasteiger partial charge on any atom is 0.217 e. The van der Waals surface area contributed by atoms with Gasteiger partial charge < -0.3 is 10.2 Å². The fourth-order valence-electron chi connectivity index (χ4n) is 2.37.